The van der Waals surface area contributed by atoms with E-state index in [2.05, 4.69) is 10.2 Å². The number of nitrogens with zero attached hydrogens (tertiary/aromatic N) is 2. The second-order valence-electron chi connectivity index (χ2n) is 2.84. The van der Waals surface area contributed by atoms with Gasteiger partial charge in [0.1, 0.15) is 6.04 Å². The van der Waals surface area contributed by atoms with Crippen molar-refractivity contribution in [3.05, 3.63) is 40.0 Å². The van der Waals surface area contributed by atoms with Gasteiger partial charge in [0, 0.05) is 12.4 Å². The van der Waals surface area contributed by atoms with Gasteiger partial charge in [-0.2, -0.15) is 4.91 Å². The molecule has 74 valence electrons. The average Bonchev–Trinajstić information content (AvgIpc) is 2.22. The molecular weight excluding hydrogens is 200 g/mol. The van der Waals surface area contributed by atoms with Crippen molar-refractivity contribution in [2.75, 3.05) is 0 Å². The SMILES string of the molecule is CCC(C=Cc1ccncc1Cl)N=O. The van der Waals surface area contributed by atoms with Crippen molar-refractivity contribution in [1.29, 1.82) is 0 Å². The second-order valence-corrected chi connectivity index (χ2v) is 3.24. The molecule has 0 aromatic carbocycles. The number of halogens is 1. The van der Waals surface area contributed by atoms with Crippen LogP contribution in [-0.4, -0.2) is 11.0 Å². The Kier molecular flexibility index (Phi) is 4.26. The fourth-order valence-electron chi connectivity index (χ4n) is 0.982. The molecule has 0 radical (unpaired) electrons. The Labute approximate surface area is 87.8 Å². The highest BCUT2D eigenvalue weighted by Gasteiger charge is 2.00. The predicted molar refractivity (Wildman–Crippen MR) is 58.2 cm³/mol. The summed E-state index contributed by atoms with van der Waals surface area (Å²) in [7, 11) is 0. The predicted octanol–water partition coefficient (Wildman–Crippen LogP) is 3.29. The van der Waals surface area contributed by atoms with E-state index in [1.54, 1.807) is 30.6 Å². The average molecular weight is 211 g/mol. The molecule has 0 bridgehead atoms. The van der Waals surface area contributed by atoms with Gasteiger partial charge in [-0.1, -0.05) is 35.9 Å². The number of aromatic nitrogens is 1. The number of hydrogen-bond donors (Lipinski definition) is 0. The van der Waals surface area contributed by atoms with Gasteiger partial charge in [-0.05, 0) is 18.1 Å². The summed E-state index contributed by atoms with van der Waals surface area (Å²) in [5.74, 6) is 0. The van der Waals surface area contributed by atoms with Gasteiger partial charge in [0.2, 0.25) is 0 Å². The first-order valence-corrected chi connectivity index (χ1v) is 4.76. The fraction of sp³-hybridized carbons (Fsp3) is 0.300. The van der Waals surface area contributed by atoms with Crippen LogP contribution >= 0.6 is 11.6 Å². The zero-order chi connectivity index (χ0) is 10.4. The van der Waals surface area contributed by atoms with E-state index in [0.717, 1.165) is 5.56 Å². The van der Waals surface area contributed by atoms with E-state index < -0.39 is 0 Å². The highest BCUT2D eigenvalue weighted by atomic mass is 35.5. The molecule has 0 spiro atoms. The first-order valence-electron chi connectivity index (χ1n) is 4.38. The number of nitroso groups, excluding NO2 is 1. The van der Waals surface area contributed by atoms with Crippen LogP contribution in [-0.2, 0) is 0 Å². The summed E-state index contributed by atoms with van der Waals surface area (Å²) in [6, 6.07) is 1.51. The Balaban J connectivity index is 2.77. The van der Waals surface area contributed by atoms with Crippen molar-refractivity contribution in [2.45, 2.75) is 19.4 Å². The zero-order valence-electron chi connectivity index (χ0n) is 7.85. The van der Waals surface area contributed by atoms with Gasteiger partial charge >= 0.3 is 0 Å². The van der Waals surface area contributed by atoms with Crippen molar-refractivity contribution < 1.29 is 0 Å². The summed E-state index contributed by atoms with van der Waals surface area (Å²) >= 11 is 5.87. The van der Waals surface area contributed by atoms with Crippen LogP contribution in [0.15, 0.2) is 29.7 Å². The first-order chi connectivity index (χ1) is 6.77. The van der Waals surface area contributed by atoms with E-state index in [1.165, 1.54) is 0 Å². The van der Waals surface area contributed by atoms with Crippen molar-refractivity contribution >= 4 is 17.7 Å². The Morgan fingerprint density at radius 1 is 1.71 bits per heavy atom. The van der Waals surface area contributed by atoms with E-state index in [-0.39, 0.29) is 6.04 Å². The van der Waals surface area contributed by atoms with Crippen LogP contribution in [0.2, 0.25) is 5.02 Å². The molecule has 1 aromatic rings. The highest BCUT2D eigenvalue weighted by Crippen LogP contribution is 2.15. The van der Waals surface area contributed by atoms with Crippen molar-refractivity contribution in [3.8, 4) is 0 Å². The van der Waals surface area contributed by atoms with Crippen LogP contribution in [0.4, 0.5) is 0 Å². The maximum absolute atomic E-state index is 10.3. The van der Waals surface area contributed by atoms with Crippen LogP contribution in [0.5, 0.6) is 0 Å². The molecular formula is C10H11ClN2O. The maximum atomic E-state index is 10.3. The lowest BCUT2D eigenvalue weighted by Gasteiger charge is -1.98. The molecule has 1 heterocycles. The molecule has 0 saturated heterocycles. The Morgan fingerprint density at radius 2 is 2.50 bits per heavy atom. The Hall–Kier alpha value is -1.22. The van der Waals surface area contributed by atoms with Crippen molar-refractivity contribution in [3.63, 3.8) is 0 Å². The summed E-state index contributed by atoms with van der Waals surface area (Å²) in [4.78, 5) is 14.2. The van der Waals surface area contributed by atoms with Crippen LogP contribution in [0, 0.1) is 4.91 Å². The minimum absolute atomic E-state index is 0.278. The van der Waals surface area contributed by atoms with Gasteiger partial charge in [-0.3, -0.25) is 4.98 Å². The molecule has 0 fully saturated rings. The lowest BCUT2D eigenvalue weighted by atomic mass is 10.2. The summed E-state index contributed by atoms with van der Waals surface area (Å²) in [6.07, 6.45) is 7.45. The minimum atomic E-state index is -0.278. The van der Waals surface area contributed by atoms with Crippen molar-refractivity contribution in [1.82, 2.24) is 4.98 Å². The molecule has 0 aliphatic rings. The van der Waals surface area contributed by atoms with Gasteiger partial charge in [0.05, 0.1) is 5.02 Å². The summed E-state index contributed by atoms with van der Waals surface area (Å²) < 4.78 is 0. The standard InChI is InChI=1S/C10H11ClN2O/c1-2-9(13-14)4-3-8-5-6-12-7-10(8)11/h3-7,9H,2H2,1H3. The molecule has 0 aliphatic heterocycles. The van der Waals surface area contributed by atoms with Gasteiger partial charge in [0.15, 0.2) is 0 Å². The third-order valence-corrected chi connectivity index (χ3v) is 2.17. The lowest BCUT2D eigenvalue weighted by Crippen LogP contribution is -1.94. The van der Waals surface area contributed by atoms with Crippen LogP contribution < -0.4 is 0 Å². The third-order valence-electron chi connectivity index (χ3n) is 1.86. The highest BCUT2D eigenvalue weighted by molar-refractivity contribution is 6.31. The molecule has 0 N–H and O–H groups in total. The van der Waals surface area contributed by atoms with E-state index in [1.807, 2.05) is 6.92 Å². The normalized spacial score (nSPS) is 13.0. The monoisotopic (exact) mass is 210 g/mol. The minimum Gasteiger partial charge on any atom is -0.263 e. The summed E-state index contributed by atoms with van der Waals surface area (Å²) in [5, 5.41) is 3.53. The number of rotatable bonds is 4. The number of hydrogen-bond acceptors (Lipinski definition) is 3. The first kappa shape index (κ1) is 10.9. The summed E-state index contributed by atoms with van der Waals surface area (Å²) in [5.41, 5.74) is 0.851. The van der Waals surface area contributed by atoms with Crippen LogP contribution in [0.1, 0.15) is 18.9 Å². The molecule has 1 atom stereocenters. The molecule has 1 unspecified atom stereocenters. The number of pyridine rings is 1. The molecule has 4 heteroatoms. The Bertz CT molecular complexity index is 339. The lowest BCUT2D eigenvalue weighted by molar-refractivity contribution is 0.781. The topological polar surface area (TPSA) is 42.3 Å². The smallest absolute Gasteiger partial charge is 0.110 e. The van der Waals surface area contributed by atoms with Crippen LogP contribution in [0.3, 0.4) is 0 Å². The molecule has 0 aliphatic carbocycles. The van der Waals surface area contributed by atoms with Gasteiger partial charge in [-0.25, -0.2) is 0 Å². The maximum Gasteiger partial charge on any atom is 0.110 e. The van der Waals surface area contributed by atoms with E-state index in [9.17, 15) is 4.91 Å². The second kappa shape index (κ2) is 5.50. The largest absolute Gasteiger partial charge is 0.263 e. The molecule has 1 rings (SSSR count). The zero-order valence-corrected chi connectivity index (χ0v) is 8.61. The van der Waals surface area contributed by atoms with Crippen LogP contribution in [0.25, 0.3) is 6.08 Å². The molecule has 0 amide bonds. The van der Waals surface area contributed by atoms with Gasteiger partial charge in [-0.15, -0.1) is 0 Å². The molecule has 0 saturated carbocycles. The van der Waals surface area contributed by atoms with E-state index in [0.29, 0.717) is 11.4 Å². The van der Waals surface area contributed by atoms with E-state index in [4.69, 9.17) is 11.6 Å². The molecule has 1 aromatic heterocycles. The quantitative estimate of drug-likeness (QED) is 0.716. The Morgan fingerprint density at radius 3 is 3.07 bits per heavy atom. The van der Waals surface area contributed by atoms with E-state index >= 15 is 0 Å². The molecule has 3 nitrogen and oxygen atoms in total. The third kappa shape index (κ3) is 2.92. The molecule has 14 heavy (non-hydrogen) atoms. The summed E-state index contributed by atoms with van der Waals surface area (Å²) in [6.45, 7) is 1.91. The van der Waals surface area contributed by atoms with Gasteiger partial charge in [0.25, 0.3) is 0 Å². The van der Waals surface area contributed by atoms with Crippen molar-refractivity contribution in [2.24, 2.45) is 5.18 Å². The van der Waals surface area contributed by atoms with Gasteiger partial charge < -0.3 is 0 Å². The fourth-order valence-corrected chi connectivity index (χ4v) is 1.16.